The van der Waals surface area contributed by atoms with E-state index in [0.717, 1.165) is 5.92 Å². The first kappa shape index (κ1) is 14.2. The van der Waals surface area contributed by atoms with Gasteiger partial charge in [-0.2, -0.15) is 0 Å². The van der Waals surface area contributed by atoms with E-state index in [4.69, 9.17) is 4.74 Å². The van der Waals surface area contributed by atoms with Crippen LogP contribution < -0.4 is 0 Å². The highest BCUT2D eigenvalue weighted by Crippen LogP contribution is 2.34. The number of carbonyl (C=O) groups excluding carboxylic acids is 2. The summed E-state index contributed by atoms with van der Waals surface area (Å²) in [5.41, 5.74) is 0. The van der Waals surface area contributed by atoms with Gasteiger partial charge in [0.2, 0.25) is 0 Å². The lowest BCUT2D eigenvalue weighted by Crippen LogP contribution is -2.35. The molecule has 1 unspecified atom stereocenters. The molecule has 17 heavy (non-hydrogen) atoms. The van der Waals surface area contributed by atoms with Crippen LogP contribution in [0.15, 0.2) is 0 Å². The van der Waals surface area contributed by atoms with E-state index in [-0.39, 0.29) is 18.2 Å². The van der Waals surface area contributed by atoms with Crippen molar-refractivity contribution < 1.29 is 14.3 Å². The summed E-state index contributed by atoms with van der Waals surface area (Å²) in [5.74, 6) is 0.602. The Labute approximate surface area is 103 Å². The molecule has 1 atom stereocenters. The second kappa shape index (κ2) is 6.74. The van der Waals surface area contributed by atoms with Gasteiger partial charge in [-0.15, -0.1) is 0 Å². The van der Waals surface area contributed by atoms with E-state index < -0.39 is 0 Å². The Morgan fingerprint density at radius 3 is 2.53 bits per heavy atom. The van der Waals surface area contributed by atoms with Crippen molar-refractivity contribution >= 4 is 11.8 Å². The molecule has 4 nitrogen and oxygen atoms in total. The SMILES string of the molecule is CCOC(=O)CCC(=O)CN(C)C(C)C1CC1. The van der Waals surface area contributed by atoms with Gasteiger partial charge >= 0.3 is 5.97 Å². The van der Waals surface area contributed by atoms with Crippen LogP contribution in [-0.2, 0) is 14.3 Å². The summed E-state index contributed by atoms with van der Waals surface area (Å²) in [4.78, 5) is 24.8. The number of hydrogen-bond acceptors (Lipinski definition) is 4. The van der Waals surface area contributed by atoms with Crippen molar-refractivity contribution in [3.63, 3.8) is 0 Å². The number of nitrogens with zero attached hydrogens (tertiary/aromatic N) is 1. The van der Waals surface area contributed by atoms with Gasteiger partial charge in [0.25, 0.3) is 0 Å². The molecule has 1 aliphatic carbocycles. The molecule has 0 aromatic heterocycles. The lowest BCUT2D eigenvalue weighted by atomic mass is 10.1. The number of carbonyl (C=O) groups is 2. The summed E-state index contributed by atoms with van der Waals surface area (Å²) in [6, 6.07) is 0.474. The molecule has 0 bridgehead atoms. The van der Waals surface area contributed by atoms with Crippen LogP contribution in [0.5, 0.6) is 0 Å². The molecule has 0 amide bonds. The Kier molecular flexibility index (Phi) is 5.62. The van der Waals surface area contributed by atoms with Crippen LogP contribution in [0.4, 0.5) is 0 Å². The zero-order valence-corrected chi connectivity index (χ0v) is 11.1. The topological polar surface area (TPSA) is 46.6 Å². The number of likely N-dealkylation sites (N-methyl/N-ethyl adjacent to an activating group) is 1. The van der Waals surface area contributed by atoms with Gasteiger partial charge in [-0.3, -0.25) is 14.5 Å². The molecule has 1 rings (SSSR count). The molecule has 98 valence electrons. The van der Waals surface area contributed by atoms with Crippen molar-refractivity contribution in [1.82, 2.24) is 4.90 Å². The number of esters is 1. The van der Waals surface area contributed by atoms with Gasteiger partial charge in [0.05, 0.1) is 19.6 Å². The highest BCUT2D eigenvalue weighted by Gasteiger charge is 2.30. The fourth-order valence-corrected chi connectivity index (χ4v) is 1.91. The summed E-state index contributed by atoms with van der Waals surface area (Å²) in [7, 11) is 1.98. The van der Waals surface area contributed by atoms with Gasteiger partial charge in [0.15, 0.2) is 0 Å². The molecular weight excluding hydrogens is 218 g/mol. The van der Waals surface area contributed by atoms with Gasteiger partial charge < -0.3 is 4.74 Å². The van der Waals surface area contributed by atoms with Gasteiger partial charge in [0, 0.05) is 12.5 Å². The lowest BCUT2D eigenvalue weighted by molar-refractivity contribution is -0.144. The summed E-state index contributed by atoms with van der Waals surface area (Å²) in [5, 5.41) is 0. The van der Waals surface area contributed by atoms with Crippen molar-refractivity contribution in [2.45, 2.75) is 45.6 Å². The number of ketones is 1. The minimum Gasteiger partial charge on any atom is -0.466 e. The van der Waals surface area contributed by atoms with E-state index in [2.05, 4.69) is 11.8 Å². The van der Waals surface area contributed by atoms with Crippen LogP contribution in [0.2, 0.25) is 0 Å². The van der Waals surface area contributed by atoms with Crippen molar-refractivity contribution in [3.8, 4) is 0 Å². The largest absolute Gasteiger partial charge is 0.466 e. The summed E-state index contributed by atoms with van der Waals surface area (Å²) in [6.07, 6.45) is 3.06. The standard InChI is InChI=1S/C13H23NO3/c1-4-17-13(16)8-7-12(15)9-14(3)10(2)11-5-6-11/h10-11H,4-9H2,1-3H3. The Morgan fingerprint density at radius 2 is 2.00 bits per heavy atom. The fraction of sp³-hybridized carbons (Fsp3) is 0.846. The maximum absolute atomic E-state index is 11.7. The van der Waals surface area contributed by atoms with E-state index in [9.17, 15) is 9.59 Å². The van der Waals surface area contributed by atoms with Crippen molar-refractivity contribution in [2.24, 2.45) is 5.92 Å². The van der Waals surface area contributed by atoms with E-state index >= 15 is 0 Å². The van der Waals surface area contributed by atoms with Crippen LogP contribution in [0.1, 0.15) is 39.5 Å². The van der Waals surface area contributed by atoms with Crippen LogP contribution in [0.3, 0.4) is 0 Å². The molecule has 4 heteroatoms. The predicted molar refractivity (Wildman–Crippen MR) is 65.7 cm³/mol. The normalized spacial score (nSPS) is 16.9. The highest BCUT2D eigenvalue weighted by atomic mass is 16.5. The van der Waals surface area contributed by atoms with Crippen LogP contribution in [0.25, 0.3) is 0 Å². The molecule has 0 saturated heterocycles. The molecule has 0 aliphatic heterocycles. The minimum absolute atomic E-state index is 0.119. The summed E-state index contributed by atoms with van der Waals surface area (Å²) < 4.78 is 4.79. The quantitative estimate of drug-likeness (QED) is 0.606. The third-order valence-corrected chi connectivity index (χ3v) is 3.34. The summed E-state index contributed by atoms with van der Waals surface area (Å²) >= 11 is 0. The maximum atomic E-state index is 11.7. The average Bonchev–Trinajstić information content (AvgIpc) is 3.09. The molecule has 0 aromatic rings. The molecule has 1 saturated carbocycles. The highest BCUT2D eigenvalue weighted by molar-refractivity contribution is 5.84. The van der Waals surface area contributed by atoms with E-state index in [1.165, 1.54) is 12.8 Å². The Morgan fingerprint density at radius 1 is 1.35 bits per heavy atom. The number of ether oxygens (including phenoxy) is 1. The Hall–Kier alpha value is -0.900. The monoisotopic (exact) mass is 241 g/mol. The zero-order chi connectivity index (χ0) is 12.8. The van der Waals surface area contributed by atoms with Gasteiger partial charge in [-0.25, -0.2) is 0 Å². The van der Waals surface area contributed by atoms with E-state index in [0.29, 0.717) is 25.6 Å². The number of Topliss-reactive ketones (excluding diaryl/α,β-unsaturated/α-hetero) is 1. The Balaban J connectivity index is 2.17. The number of hydrogen-bond donors (Lipinski definition) is 0. The second-order valence-electron chi connectivity index (χ2n) is 4.84. The Bertz CT molecular complexity index is 274. The molecule has 0 N–H and O–H groups in total. The van der Waals surface area contributed by atoms with Crippen LogP contribution in [-0.4, -0.2) is 42.9 Å². The second-order valence-corrected chi connectivity index (χ2v) is 4.84. The van der Waals surface area contributed by atoms with Gasteiger partial charge in [0.1, 0.15) is 5.78 Å². The molecule has 1 fully saturated rings. The molecule has 0 aromatic carbocycles. The van der Waals surface area contributed by atoms with Crippen molar-refractivity contribution in [3.05, 3.63) is 0 Å². The first-order valence-electron chi connectivity index (χ1n) is 6.42. The fourth-order valence-electron chi connectivity index (χ4n) is 1.91. The first-order chi connectivity index (χ1) is 8.04. The lowest BCUT2D eigenvalue weighted by Gasteiger charge is -2.23. The molecular formula is C13H23NO3. The molecule has 0 spiro atoms. The van der Waals surface area contributed by atoms with E-state index in [1.54, 1.807) is 6.92 Å². The third kappa shape index (κ3) is 5.31. The first-order valence-corrected chi connectivity index (χ1v) is 6.42. The van der Waals surface area contributed by atoms with E-state index in [1.807, 2.05) is 7.05 Å². The molecule has 0 heterocycles. The van der Waals surface area contributed by atoms with Crippen molar-refractivity contribution in [2.75, 3.05) is 20.2 Å². The smallest absolute Gasteiger partial charge is 0.306 e. The maximum Gasteiger partial charge on any atom is 0.306 e. The third-order valence-electron chi connectivity index (χ3n) is 3.34. The van der Waals surface area contributed by atoms with Gasteiger partial charge in [-0.05, 0) is 39.7 Å². The molecule has 1 aliphatic rings. The van der Waals surface area contributed by atoms with Gasteiger partial charge in [-0.1, -0.05) is 0 Å². The van der Waals surface area contributed by atoms with Crippen molar-refractivity contribution in [1.29, 1.82) is 0 Å². The van der Waals surface area contributed by atoms with Crippen LogP contribution in [0, 0.1) is 5.92 Å². The summed E-state index contributed by atoms with van der Waals surface area (Å²) in [6.45, 7) is 4.75. The zero-order valence-electron chi connectivity index (χ0n) is 11.1. The van der Waals surface area contributed by atoms with Crippen LogP contribution >= 0.6 is 0 Å². The molecule has 0 radical (unpaired) electrons. The average molecular weight is 241 g/mol. The minimum atomic E-state index is -0.279. The number of rotatable bonds is 8. The predicted octanol–water partition coefficient (Wildman–Crippen LogP) is 1.63.